The standard InChI is InChI=1S/C18H20F2N2O4/c19-12-2-1-3-13(20)15(12)22-9-8-14(17(22)24)21-16(23)10-4-6-11(7-5-10)18(25)26/h1-3,10-11,14H,4-9H2,(H,21,23)(H,25,26). The van der Waals surface area contributed by atoms with Crippen molar-refractivity contribution in [3.05, 3.63) is 29.8 Å². The Labute approximate surface area is 149 Å². The highest BCUT2D eigenvalue weighted by atomic mass is 19.1. The van der Waals surface area contributed by atoms with Crippen LogP contribution in [0.3, 0.4) is 0 Å². The van der Waals surface area contributed by atoms with E-state index in [1.807, 2.05) is 0 Å². The van der Waals surface area contributed by atoms with E-state index in [4.69, 9.17) is 5.11 Å². The van der Waals surface area contributed by atoms with E-state index in [1.54, 1.807) is 0 Å². The number of nitrogens with zero attached hydrogens (tertiary/aromatic N) is 1. The van der Waals surface area contributed by atoms with Gasteiger partial charge in [-0.15, -0.1) is 0 Å². The third-order valence-corrected chi connectivity index (χ3v) is 5.18. The highest BCUT2D eigenvalue weighted by Crippen LogP contribution is 2.30. The number of halogens is 2. The van der Waals surface area contributed by atoms with Crippen LogP contribution in [0.5, 0.6) is 0 Å². The Morgan fingerprint density at radius 3 is 2.19 bits per heavy atom. The highest BCUT2D eigenvalue weighted by molar-refractivity contribution is 6.01. The number of benzene rings is 1. The van der Waals surface area contributed by atoms with Crippen LogP contribution in [-0.4, -0.2) is 35.5 Å². The van der Waals surface area contributed by atoms with E-state index in [0.717, 1.165) is 17.0 Å². The fourth-order valence-electron chi connectivity index (χ4n) is 3.67. The van der Waals surface area contributed by atoms with Gasteiger partial charge in [-0.3, -0.25) is 14.4 Å². The Balaban J connectivity index is 1.61. The average molecular weight is 366 g/mol. The fourth-order valence-corrected chi connectivity index (χ4v) is 3.67. The maximum atomic E-state index is 13.9. The van der Waals surface area contributed by atoms with E-state index in [1.165, 1.54) is 6.07 Å². The van der Waals surface area contributed by atoms with Gasteiger partial charge in [0.05, 0.1) is 5.92 Å². The number of anilines is 1. The molecule has 1 aliphatic carbocycles. The Bertz CT molecular complexity index is 712. The van der Waals surface area contributed by atoms with Gasteiger partial charge in [0.1, 0.15) is 23.4 Å². The molecule has 2 N–H and O–H groups in total. The van der Waals surface area contributed by atoms with Crippen LogP contribution < -0.4 is 10.2 Å². The predicted octanol–water partition coefficient (Wildman–Crippen LogP) is 2.08. The predicted molar refractivity (Wildman–Crippen MR) is 88.3 cm³/mol. The van der Waals surface area contributed by atoms with Gasteiger partial charge >= 0.3 is 5.97 Å². The molecule has 2 aliphatic rings. The van der Waals surface area contributed by atoms with Gasteiger partial charge in [-0.05, 0) is 44.2 Å². The molecule has 1 saturated carbocycles. The van der Waals surface area contributed by atoms with Gasteiger partial charge < -0.3 is 15.3 Å². The quantitative estimate of drug-likeness (QED) is 0.854. The smallest absolute Gasteiger partial charge is 0.306 e. The van der Waals surface area contributed by atoms with Crippen LogP contribution in [-0.2, 0) is 14.4 Å². The van der Waals surface area contributed by atoms with Gasteiger partial charge in [-0.1, -0.05) is 6.07 Å². The molecule has 3 rings (SSSR count). The summed E-state index contributed by atoms with van der Waals surface area (Å²) < 4.78 is 27.8. The summed E-state index contributed by atoms with van der Waals surface area (Å²) in [5.41, 5.74) is -0.392. The molecule has 2 fully saturated rings. The van der Waals surface area contributed by atoms with E-state index in [0.29, 0.717) is 25.7 Å². The largest absolute Gasteiger partial charge is 0.481 e. The molecule has 6 nitrogen and oxygen atoms in total. The zero-order valence-corrected chi connectivity index (χ0v) is 14.1. The summed E-state index contributed by atoms with van der Waals surface area (Å²) in [4.78, 5) is 36.8. The lowest BCUT2D eigenvalue weighted by Gasteiger charge is -2.26. The molecule has 0 spiro atoms. The number of hydrogen-bond acceptors (Lipinski definition) is 3. The molecule has 0 aromatic heterocycles. The van der Waals surface area contributed by atoms with Crippen LogP contribution >= 0.6 is 0 Å². The van der Waals surface area contributed by atoms with Crippen molar-refractivity contribution in [2.24, 2.45) is 11.8 Å². The zero-order valence-electron chi connectivity index (χ0n) is 14.1. The third-order valence-electron chi connectivity index (χ3n) is 5.18. The van der Waals surface area contributed by atoms with Crippen molar-refractivity contribution < 1.29 is 28.3 Å². The molecule has 1 aromatic carbocycles. The zero-order chi connectivity index (χ0) is 18.8. The molecular weight excluding hydrogens is 346 g/mol. The number of aliphatic carboxylic acids is 1. The van der Waals surface area contributed by atoms with Crippen LogP contribution in [0.1, 0.15) is 32.1 Å². The van der Waals surface area contributed by atoms with Crippen molar-refractivity contribution in [3.8, 4) is 0 Å². The number of carboxylic acid groups (broad SMARTS) is 1. The first kappa shape index (κ1) is 18.3. The molecule has 1 aliphatic heterocycles. The summed E-state index contributed by atoms with van der Waals surface area (Å²) in [6.07, 6.45) is 2.03. The normalized spacial score (nSPS) is 26.0. The van der Waals surface area contributed by atoms with E-state index in [2.05, 4.69) is 5.32 Å². The second-order valence-corrected chi connectivity index (χ2v) is 6.80. The van der Waals surface area contributed by atoms with Crippen LogP contribution in [0.15, 0.2) is 18.2 Å². The number of rotatable bonds is 4. The topological polar surface area (TPSA) is 86.7 Å². The van der Waals surface area contributed by atoms with Crippen molar-refractivity contribution in [1.82, 2.24) is 5.32 Å². The van der Waals surface area contributed by atoms with Gasteiger partial charge in [-0.25, -0.2) is 8.78 Å². The molecule has 1 atom stereocenters. The lowest BCUT2D eigenvalue weighted by Crippen LogP contribution is -2.45. The Kier molecular flexibility index (Phi) is 5.20. The second-order valence-electron chi connectivity index (χ2n) is 6.80. The maximum Gasteiger partial charge on any atom is 0.306 e. The van der Waals surface area contributed by atoms with E-state index in [9.17, 15) is 23.2 Å². The summed E-state index contributed by atoms with van der Waals surface area (Å²) >= 11 is 0. The number of nitrogens with one attached hydrogen (secondary N) is 1. The van der Waals surface area contributed by atoms with E-state index < -0.39 is 41.2 Å². The summed E-state index contributed by atoms with van der Waals surface area (Å²) in [7, 11) is 0. The summed E-state index contributed by atoms with van der Waals surface area (Å²) in [6, 6.07) is 2.57. The number of carbonyl (C=O) groups is 3. The van der Waals surface area contributed by atoms with E-state index >= 15 is 0 Å². The minimum absolute atomic E-state index is 0.118. The number of para-hydroxylation sites is 1. The molecule has 2 amide bonds. The summed E-state index contributed by atoms with van der Waals surface area (Å²) in [5.74, 6) is -4.10. The lowest BCUT2D eigenvalue weighted by atomic mass is 9.81. The Morgan fingerprint density at radius 1 is 1.04 bits per heavy atom. The molecule has 1 heterocycles. The molecule has 0 bridgehead atoms. The number of hydrogen-bond donors (Lipinski definition) is 2. The number of carbonyl (C=O) groups excluding carboxylic acids is 2. The first-order valence-electron chi connectivity index (χ1n) is 8.67. The number of amides is 2. The van der Waals surface area contributed by atoms with Crippen LogP contribution in [0.4, 0.5) is 14.5 Å². The molecule has 1 unspecified atom stereocenters. The Hall–Kier alpha value is -2.51. The molecule has 8 heteroatoms. The fraction of sp³-hybridized carbons (Fsp3) is 0.500. The molecular formula is C18H20F2N2O4. The maximum absolute atomic E-state index is 13.9. The van der Waals surface area contributed by atoms with Crippen LogP contribution in [0.2, 0.25) is 0 Å². The minimum Gasteiger partial charge on any atom is -0.481 e. The highest BCUT2D eigenvalue weighted by Gasteiger charge is 2.38. The summed E-state index contributed by atoms with van der Waals surface area (Å²) in [6.45, 7) is 0.118. The van der Waals surface area contributed by atoms with Gasteiger partial charge in [0, 0.05) is 12.5 Å². The molecule has 1 saturated heterocycles. The van der Waals surface area contributed by atoms with E-state index in [-0.39, 0.29) is 24.8 Å². The van der Waals surface area contributed by atoms with Gasteiger partial charge in [0.15, 0.2) is 0 Å². The molecule has 26 heavy (non-hydrogen) atoms. The van der Waals surface area contributed by atoms with Gasteiger partial charge in [0.25, 0.3) is 0 Å². The van der Waals surface area contributed by atoms with Crippen LogP contribution in [0, 0.1) is 23.5 Å². The van der Waals surface area contributed by atoms with Crippen molar-refractivity contribution in [2.75, 3.05) is 11.4 Å². The molecule has 1 aromatic rings. The van der Waals surface area contributed by atoms with Crippen molar-refractivity contribution in [3.63, 3.8) is 0 Å². The minimum atomic E-state index is -0.850. The first-order valence-corrected chi connectivity index (χ1v) is 8.67. The van der Waals surface area contributed by atoms with Crippen LogP contribution in [0.25, 0.3) is 0 Å². The lowest BCUT2D eigenvalue weighted by molar-refractivity contribution is -0.144. The second kappa shape index (κ2) is 7.39. The monoisotopic (exact) mass is 366 g/mol. The molecule has 0 radical (unpaired) electrons. The van der Waals surface area contributed by atoms with Crippen molar-refractivity contribution in [2.45, 2.75) is 38.1 Å². The van der Waals surface area contributed by atoms with Crippen molar-refractivity contribution in [1.29, 1.82) is 0 Å². The average Bonchev–Trinajstić information content (AvgIpc) is 2.95. The molecule has 140 valence electrons. The number of carboxylic acids is 1. The SMILES string of the molecule is O=C(O)C1CCC(C(=O)NC2CCN(c3c(F)cccc3F)C2=O)CC1. The Morgan fingerprint density at radius 2 is 1.62 bits per heavy atom. The third kappa shape index (κ3) is 3.54. The summed E-state index contributed by atoms with van der Waals surface area (Å²) in [5, 5.41) is 11.7. The van der Waals surface area contributed by atoms with Gasteiger partial charge in [0.2, 0.25) is 11.8 Å². The first-order chi connectivity index (χ1) is 12.4. The van der Waals surface area contributed by atoms with Crippen molar-refractivity contribution >= 4 is 23.5 Å². The van der Waals surface area contributed by atoms with Gasteiger partial charge in [-0.2, -0.15) is 0 Å².